The largest absolute Gasteiger partial charge is 0.497 e. The van der Waals surface area contributed by atoms with Gasteiger partial charge in [-0.1, -0.05) is 0 Å². The van der Waals surface area contributed by atoms with Crippen molar-refractivity contribution >= 4 is 33.3 Å². The van der Waals surface area contributed by atoms with Gasteiger partial charge in [0.25, 0.3) is 0 Å². The third-order valence-corrected chi connectivity index (χ3v) is 6.59. The molecule has 3 aromatic rings. The maximum absolute atomic E-state index is 12.6. The molecule has 2 heterocycles. The summed E-state index contributed by atoms with van der Waals surface area (Å²) in [7, 11) is -2.54. The quantitative estimate of drug-likeness (QED) is 0.441. The highest BCUT2D eigenvalue weighted by Crippen LogP contribution is 2.36. The van der Waals surface area contributed by atoms with Crippen LogP contribution in [0.5, 0.6) is 17.2 Å². The number of thiophene rings is 1. The molecule has 6 nitrogen and oxygen atoms in total. The first kappa shape index (κ1) is 19.2. The van der Waals surface area contributed by atoms with Crippen molar-refractivity contribution in [2.24, 2.45) is 0 Å². The van der Waals surface area contributed by atoms with E-state index in [4.69, 9.17) is 13.7 Å². The van der Waals surface area contributed by atoms with Gasteiger partial charge in [-0.05, 0) is 60.3 Å². The Morgan fingerprint density at radius 1 is 1.03 bits per heavy atom. The zero-order valence-corrected chi connectivity index (χ0v) is 17.2. The summed E-state index contributed by atoms with van der Waals surface area (Å²) in [6.07, 6.45) is 1.69. The normalized spacial score (nSPS) is 14.6. The predicted molar refractivity (Wildman–Crippen MR) is 109 cm³/mol. The van der Waals surface area contributed by atoms with Crippen molar-refractivity contribution in [3.05, 3.63) is 75.7 Å². The molecule has 0 radical (unpaired) electrons. The molecule has 1 aliphatic heterocycles. The Morgan fingerprint density at radius 2 is 1.76 bits per heavy atom. The molecule has 0 fully saturated rings. The molecule has 0 atom stereocenters. The summed E-state index contributed by atoms with van der Waals surface area (Å²) in [6, 6.07) is 12.1. The molecule has 29 heavy (non-hydrogen) atoms. The Bertz CT molecular complexity index is 1220. The monoisotopic (exact) mass is 428 g/mol. The molecule has 0 amide bonds. The maximum Gasteiger partial charge on any atom is 0.339 e. The lowest BCUT2D eigenvalue weighted by Crippen LogP contribution is -2.09. The van der Waals surface area contributed by atoms with E-state index in [0.29, 0.717) is 11.3 Å². The van der Waals surface area contributed by atoms with Gasteiger partial charge >= 0.3 is 10.1 Å². The third-order valence-electron chi connectivity index (χ3n) is 4.36. The number of methoxy groups -OCH3 is 1. The van der Waals surface area contributed by atoms with Gasteiger partial charge in [-0.15, -0.1) is 11.3 Å². The van der Waals surface area contributed by atoms with Crippen molar-refractivity contribution in [3.8, 4) is 17.2 Å². The van der Waals surface area contributed by atoms with Crippen molar-refractivity contribution in [1.29, 1.82) is 0 Å². The van der Waals surface area contributed by atoms with Gasteiger partial charge in [0.2, 0.25) is 5.78 Å². The molecule has 0 spiro atoms. The predicted octanol–water partition coefficient (Wildman–Crippen LogP) is 4.45. The standard InChI is InChI=1S/C21H16O6S2/c1-13-9-10-28-20(13)12-19-21(22)17-8-5-15(11-18(17)26-19)27-29(23,24)16-6-3-14(25-2)4-7-16/h3-12H,1-2H3/b19-12-. The molecular weight excluding hydrogens is 412 g/mol. The van der Waals surface area contributed by atoms with Gasteiger partial charge in [-0.3, -0.25) is 4.79 Å². The first-order valence-corrected chi connectivity index (χ1v) is 10.9. The summed E-state index contributed by atoms with van der Waals surface area (Å²) >= 11 is 1.51. The van der Waals surface area contributed by atoms with Crippen molar-refractivity contribution in [2.45, 2.75) is 11.8 Å². The third kappa shape index (κ3) is 3.76. The van der Waals surface area contributed by atoms with E-state index in [9.17, 15) is 13.2 Å². The summed E-state index contributed by atoms with van der Waals surface area (Å²) in [5, 5.41) is 1.93. The second kappa shape index (κ2) is 7.38. The number of hydrogen-bond donors (Lipinski definition) is 0. The summed E-state index contributed by atoms with van der Waals surface area (Å²) in [4.78, 5) is 13.5. The van der Waals surface area contributed by atoms with Gasteiger partial charge in [0.15, 0.2) is 5.76 Å². The minimum Gasteiger partial charge on any atom is -0.497 e. The van der Waals surface area contributed by atoms with Crippen LogP contribution in [-0.4, -0.2) is 21.3 Å². The molecule has 148 valence electrons. The van der Waals surface area contributed by atoms with Gasteiger partial charge in [-0.25, -0.2) is 0 Å². The summed E-state index contributed by atoms with van der Waals surface area (Å²) in [5.41, 5.74) is 1.41. The number of allylic oxidation sites excluding steroid dienone is 1. The molecule has 0 saturated carbocycles. The smallest absolute Gasteiger partial charge is 0.339 e. The van der Waals surface area contributed by atoms with Crippen LogP contribution in [0.25, 0.3) is 6.08 Å². The summed E-state index contributed by atoms with van der Waals surface area (Å²) < 4.78 is 40.9. The molecule has 4 rings (SSSR count). The second-order valence-corrected chi connectivity index (χ2v) is 8.77. The zero-order chi connectivity index (χ0) is 20.6. The van der Waals surface area contributed by atoms with E-state index in [1.807, 2.05) is 18.4 Å². The number of benzene rings is 2. The molecule has 0 aliphatic carbocycles. The van der Waals surface area contributed by atoms with Gasteiger partial charge in [0, 0.05) is 17.0 Å². The molecule has 0 saturated heterocycles. The molecule has 0 bridgehead atoms. The first-order valence-electron chi connectivity index (χ1n) is 8.58. The number of rotatable bonds is 5. The van der Waals surface area contributed by atoms with Gasteiger partial charge in [0.1, 0.15) is 22.1 Å². The Balaban J connectivity index is 1.58. The lowest BCUT2D eigenvalue weighted by molar-refractivity contribution is 0.101. The van der Waals surface area contributed by atoms with Crippen molar-refractivity contribution in [3.63, 3.8) is 0 Å². The Labute approximate surface area is 172 Å². The first-order chi connectivity index (χ1) is 13.9. The lowest BCUT2D eigenvalue weighted by Gasteiger charge is -2.08. The number of hydrogen-bond acceptors (Lipinski definition) is 7. The van der Waals surface area contributed by atoms with E-state index < -0.39 is 10.1 Å². The van der Waals surface area contributed by atoms with Crippen LogP contribution < -0.4 is 13.7 Å². The number of fused-ring (bicyclic) bond motifs is 1. The molecule has 0 N–H and O–H groups in total. The average molecular weight is 428 g/mol. The lowest BCUT2D eigenvalue weighted by atomic mass is 10.1. The number of Topliss-reactive ketones (excluding diaryl/α,β-unsaturated/α-hetero) is 1. The average Bonchev–Trinajstić information content (AvgIpc) is 3.24. The van der Waals surface area contributed by atoms with Crippen LogP contribution >= 0.6 is 11.3 Å². The molecular formula is C21H16O6S2. The highest BCUT2D eigenvalue weighted by Gasteiger charge is 2.29. The van der Waals surface area contributed by atoms with Crippen molar-refractivity contribution < 1.29 is 26.9 Å². The van der Waals surface area contributed by atoms with Gasteiger partial charge < -0.3 is 13.7 Å². The van der Waals surface area contributed by atoms with Crippen molar-refractivity contribution in [1.82, 2.24) is 0 Å². The fourth-order valence-corrected chi connectivity index (χ4v) is 4.56. The number of ether oxygens (including phenoxy) is 2. The van der Waals surface area contributed by atoms with E-state index in [1.165, 1.54) is 60.9 Å². The SMILES string of the molecule is COc1ccc(S(=O)(=O)Oc2ccc3c(c2)O/C(=C\c2sccc2C)C3=O)cc1. The van der Waals surface area contributed by atoms with Gasteiger partial charge in [-0.2, -0.15) is 8.42 Å². The van der Waals surface area contributed by atoms with Crippen LogP contribution in [0.15, 0.2) is 64.6 Å². The summed E-state index contributed by atoms with van der Waals surface area (Å²) in [6.45, 7) is 1.95. The molecule has 2 aromatic carbocycles. The fraction of sp³-hybridized carbons (Fsp3) is 0.0952. The van der Waals surface area contributed by atoms with E-state index in [0.717, 1.165) is 10.4 Å². The number of carbonyl (C=O) groups excluding carboxylic acids is 1. The van der Waals surface area contributed by atoms with E-state index >= 15 is 0 Å². The van der Waals surface area contributed by atoms with Crippen LogP contribution in [0.1, 0.15) is 20.8 Å². The Morgan fingerprint density at radius 3 is 2.41 bits per heavy atom. The molecule has 1 aliphatic rings. The Hall–Kier alpha value is -3.10. The number of aryl methyl sites for hydroxylation is 1. The second-order valence-electron chi connectivity index (χ2n) is 6.28. The summed E-state index contributed by atoms with van der Waals surface area (Å²) in [5.74, 6) is 0.797. The number of carbonyl (C=O) groups is 1. The van der Waals surface area contributed by atoms with E-state index in [2.05, 4.69) is 0 Å². The molecule has 0 unspecified atom stereocenters. The van der Waals surface area contributed by atoms with Crippen LogP contribution in [0, 0.1) is 6.92 Å². The number of ketones is 1. The minimum absolute atomic E-state index is 0.00968. The topological polar surface area (TPSA) is 78.9 Å². The van der Waals surface area contributed by atoms with Crippen LogP contribution in [0.2, 0.25) is 0 Å². The van der Waals surface area contributed by atoms with Crippen LogP contribution in [0.3, 0.4) is 0 Å². The van der Waals surface area contributed by atoms with E-state index in [-0.39, 0.29) is 27.9 Å². The highest BCUT2D eigenvalue weighted by atomic mass is 32.2. The molecule has 1 aromatic heterocycles. The van der Waals surface area contributed by atoms with Crippen molar-refractivity contribution in [2.75, 3.05) is 7.11 Å². The maximum atomic E-state index is 12.6. The minimum atomic E-state index is -4.04. The van der Waals surface area contributed by atoms with Crippen LogP contribution in [0.4, 0.5) is 0 Å². The molecule has 8 heteroatoms. The zero-order valence-electron chi connectivity index (χ0n) is 15.5. The highest BCUT2D eigenvalue weighted by molar-refractivity contribution is 7.87. The fourth-order valence-electron chi connectivity index (χ4n) is 2.79. The van der Waals surface area contributed by atoms with E-state index in [1.54, 1.807) is 6.08 Å². The Kier molecular flexibility index (Phi) is 4.89. The van der Waals surface area contributed by atoms with Crippen LogP contribution in [-0.2, 0) is 10.1 Å². The van der Waals surface area contributed by atoms with Gasteiger partial charge in [0.05, 0.1) is 12.7 Å².